The number of alkyl halides is 3. The topological polar surface area (TPSA) is 83.5 Å². The fourth-order valence-electron chi connectivity index (χ4n) is 1.94. The highest BCUT2D eigenvalue weighted by Gasteiger charge is 2.35. The highest BCUT2D eigenvalue weighted by molar-refractivity contribution is 7.94. The molecule has 1 aliphatic heterocycles. The van der Waals surface area contributed by atoms with E-state index in [0.717, 1.165) is 17.5 Å². The fourth-order valence-corrected chi connectivity index (χ4v) is 3.17. The average Bonchev–Trinajstić information content (AvgIpc) is 2.67. The quantitative estimate of drug-likeness (QED) is 0.891. The monoisotopic (exact) mass is 321 g/mol. The normalized spacial score (nSPS) is 20.4. The predicted octanol–water partition coefficient (Wildman–Crippen LogP) is 2.13. The lowest BCUT2D eigenvalue weighted by molar-refractivity contribution is -0.138. The van der Waals surface area contributed by atoms with Gasteiger partial charge in [-0.2, -0.15) is 13.2 Å². The highest BCUT2D eigenvalue weighted by atomic mass is 32.2. The minimum atomic E-state index is -4.77. The number of rotatable bonds is 3. The van der Waals surface area contributed by atoms with Gasteiger partial charge < -0.3 is 10.4 Å². The van der Waals surface area contributed by atoms with Crippen molar-refractivity contribution in [2.75, 3.05) is 11.1 Å². The molecule has 5 nitrogen and oxygen atoms in total. The van der Waals surface area contributed by atoms with E-state index in [1.54, 1.807) is 0 Å². The molecule has 0 amide bonds. The van der Waals surface area contributed by atoms with Gasteiger partial charge in [0.15, 0.2) is 9.84 Å². The molecule has 1 atom stereocenters. The Bertz CT molecular complexity index is 710. The molecule has 0 saturated carbocycles. The standard InChI is InChI=1S/C12H10F3NO4S/c13-12(14,15)10-2-1-7(5-9(10)11(17)18)16-8-3-4-21(19,20)6-8/h1-5,8,16H,6H2,(H,17,18). The maximum Gasteiger partial charge on any atom is 0.417 e. The van der Waals surface area contributed by atoms with Gasteiger partial charge in [-0.3, -0.25) is 0 Å². The zero-order valence-electron chi connectivity index (χ0n) is 10.4. The summed E-state index contributed by atoms with van der Waals surface area (Å²) >= 11 is 0. The molecule has 1 aromatic carbocycles. The van der Waals surface area contributed by atoms with Crippen LogP contribution in [0, 0.1) is 0 Å². The highest BCUT2D eigenvalue weighted by Crippen LogP contribution is 2.33. The molecule has 1 aromatic rings. The van der Waals surface area contributed by atoms with E-state index in [1.165, 1.54) is 6.08 Å². The number of nitrogens with one attached hydrogen (secondary N) is 1. The number of anilines is 1. The summed E-state index contributed by atoms with van der Waals surface area (Å²) in [6.07, 6.45) is -3.42. The van der Waals surface area contributed by atoms with Gasteiger partial charge in [-0.15, -0.1) is 0 Å². The smallest absolute Gasteiger partial charge is 0.417 e. The van der Waals surface area contributed by atoms with Crippen LogP contribution in [0.1, 0.15) is 15.9 Å². The Balaban J connectivity index is 2.29. The van der Waals surface area contributed by atoms with Gasteiger partial charge >= 0.3 is 12.1 Å². The zero-order chi connectivity index (χ0) is 15.8. The second kappa shape index (κ2) is 5.06. The predicted molar refractivity (Wildman–Crippen MR) is 68.7 cm³/mol. The lowest BCUT2D eigenvalue weighted by Crippen LogP contribution is -2.21. The number of aromatic carboxylic acids is 1. The first-order chi connectivity index (χ1) is 9.58. The number of hydrogen-bond donors (Lipinski definition) is 2. The SMILES string of the molecule is O=C(O)c1cc(NC2C=CS(=O)(=O)C2)ccc1C(F)(F)F. The van der Waals surface area contributed by atoms with E-state index in [2.05, 4.69) is 5.32 Å². The maximum absolute atomic E-state index is 12.7. The fraction of sp³-hybridized carbons (Fsp3) is 0.250. The first-order valence-corrected chi connectivity index (χ1v) is 7.42. The Morgan fingerprint density at radius 1 is 1.33 bits per heavy atom. The largest absolute Gasteiger partial charge is 0.478 e. The summed E-state index contributed by atoms with van der Waals surface area (Å²) in [4.78, 5) is 10.9. The van der Waals surface area contributed by atoms with E-state index >= 15 is 0 Å². The molecule has 1 heterocycles. The first kappa shape index (κ1) is 15.4. The van der Waals surface area contributed by atoms with Crippen LogP contribution in [0.4, 0.5) is 18.9 Å². The average molecular weight is 321 g/mol. The summed E-state index contributed by atoms with van der Waals surface area (Å²) in [6.45, 7) is 0. The summed E-state index contributed by atoms with van der Waals surface area (Å²) in [5, 5.41) is 12.5. The summed E-state index contributed by atoms with van der Waals surface area (Å²) in [5.74, 6) is -1.93. The molecule has 9 heteroatoms. The third kappa shape index (κ3) is 3.54. The van der Waals surface area contributed by atoms with Crippen LogP contribution in [0.25, 0.3) is 0 Å². The van der Waals surface area contributed by atoms with Crippen molar-refractivity contribution >= 4 is 21.5 Å². The van der Waals surface area contributed by atoms with Crippen LogP contribution in [0.5, 0.6) is 0 Å². The number of hydrogen-bond acceptors (Lipinski definition) is 4. The van der Waals surface area contributed by atoms with Gasteiger partial charge in [-0.05, 0) is 18.2 Å². The Morgan fingerprint density at radius 3 is 2.48 bits per heavy atom. The minimum Gasteiger partial charge on any atom is -0.478 e. The van der Waals surface area contributed by atoms with Gasteiger partial charge in [-0.25, -0.2) is 13.2 Å². The molecule has 1 aliphatic rings. The summed E-state index contributed by atoms with van der Waals surface area (Å²) in [7, 11) is -3.31. The van der Waals surface area contributed by atoms with E-state index in [-0.39, 0.29) is 11.4 Å². The van der Waals surface area contributed by atoms with E-state index in [4.69, 9.17) is 5.11 Å². The number of carbonyl (C=O) groups is 1. The Labute approximate surface area is 118 Å². The van der Waals surface area contributed by atoms with Gasteiger partial charge in [0.05, 0.1) is 22.9 Å². The lowest BCUT2D eigenvalue weighted by Gasteiger charge is -2.15. The van der Waals surface area contributed by atoms with Crippen molar-refractivity contribution in [2.24, 2.45) is 0 Å². The molecule has 2 rings (SSSR count). The van der Waals surface area contributed by atoms with Crippen LogP contribution in [0.15, 0.2) is 29.7 Å². The molecule has 0 bridgehead atoms. The van der Waals surface area contributed by atoms with Crippen LogP contribution >= 0.6 is 0 Å². The maximum atomic E-state index is 12.7. The van der Waals surface area contributed by atoms with Crippen molar-refractivity contribution in [2.45, 2.75) is 12.2 Å². The van der Waals surface area contributed by atoms with Crippen molar-refractivity contribution in [3.63, 3.8) is 0 Å². The Hall–Kier alpha value is -2.03. The Kier molecular flexibility index (Phi) is 3.70. The van der Waals surface area contributed by atoms with E-state index in [1.807, 2.05) is 0 Å². The minimum absolute atomic E-state index is 0.104. The van der Waals surface area contributed by atoms with Crippen LogP contribution < -0.4 is 5.32 Å². The number of carboxylic acid groups (broad SMARTS) is 1. The van der Waals surface area contributed by atoms with Crippen LogP contribution in [0.2, 0.25) is 0 Å². The molecule has 114 valence electrons. The molecule has 0 spiro atoms. The summed E-state index contributed by atoms with van der Waals surface area (Å²) < 4.78 is 60.5. The molecule has 0 saturated heterocycles. The summed E-state index contributed by atoms with van der Waals surface area (Å²) in [6, 6.07) is 1.95. The molecule has 0 radical (unpaired) electrons. The Morgan fingerprint density at radius 2 is 2.00 bits per heavy atom. The first-order valence-electron chi connectivity index (χ1n) is 5.70. The van der Waals surface area contributed by atoms with Crippen molar-refractivity contribution < 1.29 is 31.5 Å². The molecule has 2 N–H and O–H groups in total. The van der Waals surface area contributed by atoms with Crippen molar-refractivity contribution in [3.8, 4) is 0 Å². The van der Waals surface area contributed by atoms with Crippen LogP contribution in [0.3, 0.4) is 0 Å². The van der Waals surface area contributed by atoms with Gasteiger partial charge in [0.1, 0.15) is 0 Å². The number of carboxylic acids is 1. The molecular formula is C12H10F3NO4S. The second-order valence-corrected chi connectivity index (χ2v) is 6.40. The van der Waals surface area contributed by atoms with Crippen molar-refractivity contribution in [3.05, 3.63) is 40.8 Å². The number of sulfone groups is 1. The van der Waals surface area contributed by atoms with Crippen molar-refractivity contribution in [1.82, 2.24) is 0 Å². The lowest BCUT2D eigenvalue weighted by atomic mass is 10.1. The summed E-state index contributed by atoms with van der Waals surface area (Å²) in [5.41, 5.74) is -2.04. The van der Waals surface area contributed by atoms with E-state index < -0.39 is 39.2 Å². The number of benzene rings is 1. The van der Waals surface area contributed by atoms with Gasteiger partial charge in [0.25, 0.3) is 0 Å². The molecule has 1 unspecified atom stereocenters. The van der Waals surface area contributed by atoms with Gasteiger partial charge in [0, 0.05) is 11.1 Å². The van der Waals surface area contributed by atoms with Gasteiger partial charge in [-0.1, -0.05) is 6.08 Å². The van der Waals surface area contributed by atoms with Crippen molar-refractivity contribution in [1.29, 1.82) is 0 Å². The van der Waals surface area contributed by atoms with Crippen LogP contribution in [-0.2, 0) is 16.0 Å². The second-order valence-electron chi connectivity index (χ2n) is 4.47. The molecule has 0 aromatic heterocycles. The molecule has 21 heavy (non-hydrogen) atoms. The third-order valence-electron chi connectivity index (χ3n) is 2.84. The van der Waals surface area contributed by atoms with Gasteiger partial charge in [0.2, 0.25) is 0 Å². The molecule has 0 aliphatic carbocycles. The third-order valence-corrected chi connectivity index (χ3v) is 4.23. The number of halogens is 3. The van der Waals surface area contributed by atoms with E-state index in [9.17, 15) is 26.4 Å². The molecular weight excluding hydrogens is 311 g/mol. The van der Waals surface area contributed by atoms with E-state index in [0.29, 0.717) is 6.07 Å². The molecule has 0 fully saturated rings. The van der Waals surface area contributed by atoms with Crippen LogP contribution in [-0.4, -0.2) is 31.3 Å². The zero-order valence-corrected chi connectivity index (χ0v) is 11.2.